The molecule has 0 spiro atoms. The molecular weight excluding hydrogens is 243 g/mol. The number of aliphatic hydroxyl groups is 1. The van der Waals surface area contributed by atoms with Crippen LogP contribution in [0.1, 0.15) is 16.8 Å². The second-order valence-corrected chi connectivity index (χ2v) is 4.11. The van der Waals surface area contributed by atoms with Gasteiger partial charge in [0.2, 0.25) is 0 Å². The van der Waals surface area contributed by atoms with E-state index in [0.29, 0.717) is 13.0 Å². The predicted molar refractivity (Wildman–Crippen MR) is 59.6 cm³/mol. The molecule has 1 aromatic carbocycles. The standard InChI is InChI=1S/C11H11FN2O4/c12-7-1-2-9(10(5-7)14(17)18)11(16)13-4-3-8(15)6-13/h1-2,5,8,15H,3-4,6H2. The molecule has 1 unspecified atom stereocenters. The lowest BCUT2D eigenvalue weighted by molar-refractivity contribution is -0.385. The second-order valence-electron chi connectivity index (χ2n) is 4.11. The molecule has 1 fully saturated rings. The Morgan fingerprint density at radius 3 is 2.83 bits per heavy atom. The van der Waals surface area contributed by atoms with Gasteiger partial charge in [0.05, 0.1) is 17.1 Å². The lowest BCUT2D eigenvalue weighted by Gasteiger charge is -2.15. The smallest absolute Gasteiger partial charge is 0.285 e. The lowest BCUT2D eigenvalue weighted by atomic mass is 10.1. The van der Waals surface area contributed by atoms with Gasteiger partial charge in [0.15, 0.2) is 0 Å². The third-order valence-corrected chi connectivity index (χ3v) is 2.84. The maximum atomic E-state index is 12.9. The SMILES string of the molecule is O=C(c1ccc(F)cc1[N+](=O)[O-])N1CCC(O)C1. The van der Waals surface area contributed by atoms with Crippen molar-refractivity contribution in [3.8, 4) is 0 Å². The Labute approximate surface area is 102 Å². The van der Waals surface area contributed by atoms with Crippen molar-refractivity contribution < 1.29 is 19.2 Å². The number of nitrogens with zero attached hydrogens (tertiary/aromatic N) is 2. The van der Waals surface area contributed by atoms with Crippen molar-refractivity contribution in [2.75, 3.05) is 13.1 Å². The predicted octanol–water partition coefficient (Wildman–Crippen LogP) is 0.941. The van der Waals surface area contributed by atoms with Gasteiger partial charge in [-0.15, -0.1) is 0 Å². The molecule has 1 saturated heterocycles. The van der Waals surface area contributed by atoms with Gasteiger partial charge in [0.25, 0.3) is 11.6 Å². The number of benzene rings is 1. The Morgan fingerprint density at radius 2 is 2.28 bits per heavy atom. The van der Waals surface area contributed by atoms with Crippen LogP contribution in [0.5, 0.6) is 0 Å². The van der Waals surface area contributed by atoms with Gasteiger partial charge in [-0.05, 0) is 18.6 Å². The van der Waals surface area contributed by atoms with E-state index in [-0.39, 0.29) is 12.1 Å². The number of hydrogen-bond donors (Lipinski definition) is 1. The molecule has 1 atom stereocenters. The summed E-state index contributed by atoms with van der Waals surface area (Å²) in [6.07, 6.45) is -0.158. The monoisotopic (exact) mass is 254 g/mol. The average Bonchev–Trinajstić information content (AvgIpc) is 2.75. The van der Waals surface area contributed by atoms with Crippen LogP contribution in [0, 0.1) is 15.9 Å². The first kappa shape index (κ1) is 12.4. The molecule has 1 heterocycles. The van der Waals surface area contributed by atoms with Crippen molar-refractivity contribution >= 4 is 11.6 Å². The first-order chi connectivity index (χ1) is 8.49. The van der Waals surface area contributed by atoms with Gasteiger partial charge >= 0.3 is 0 Å². The van der Waals surface area contributed by atoms with E-state index in [9.17, 15) is 24.4 Å². The summed E-state index contributed by atoms with van der Waals surface area (Å²) in [6, 6.07) is 2.83. The summed E-state index contributed by atoms with van der Waals surface area (Å²) >= 11 is 0. The van der Waals surface area contributed by atoms with Gasteiger partial charge in [-0.2, -0.15) is 0 Å². The maximum absolute atomic E-state index is 12.9. The van der Waals surface area contributed by atoms with Crippen LogP contribution in [-0.2, 0) is 0 Å². The van der Waals surface area contributed by atoms with E-state index in [2.05, 4.69) is 0 Å². The summed E-state index contributed by atoms with van der Waals surface area (Å²) in [7, 11) is 0. The number of nitro benzene ring substituents is 1. The molecule has 1 N–H and O–H groups in total. The summed E-state index contributed by atoms with van der Waals surface area (Å²) in [5.41, 5.74) is -0.711. The Bertz CT molecular complexity index is 506. The summed E-state index contributed by atoms with van der Waals surface area (Å²) in [6.45, 7) is 0.488. The van der Waals surface area contributed by atoms with Gasteiger partial charge in [-0.25, -0.2) is 4.39 Å². The minimum absolute atomic E-state index is 0.146. The van der Waals surface area contributed by atoms with E-state index >= 15 is 0 Å². The number of nitro groups is 1. The molecule has 1 aromatic rings. The van der Waals surface area contributed by atoms with Crippen LogP contribution in [0.4, 0.5) is 10.1 Å². The average molecular weight is 254 g/mol. The quantitative estimate of drug-likeness (QED) is 0.628. The van der Waals surface area contributed by atoms with Crippen LogP contribution in [0.2, 0.25) is 0 Å². The molecule has 18 heavy (non-hydrogen) atoms. The molecule has 1 aliphatic heterocycles. The number of carbonyl (C=O) groups is 1. The Hall–Kier alpha value is -2.02. The van der Waals surface area contributed by atoms with E-state index in [1.165, 1.54) is 4.90 Å². The zero-order valence-corrected chi connectivity index (χ0v) is 9.38. The number of halogens is 1. The van der Waals surface area contributed by atoms with Crippen LogP contribution in [0.25, 0.3) is 0 Å². The van der Waals surface area contributed by atoms with Crippen molar-refractivity contribution in [1.82, 2.24) is 4.90 Å². The van der Waals surface area contributed by atoms with Crippen LogP contribution in [-0.4, -0.2) is 40.0 Å². The highest BCUT2D eigenvalue weighted by atomic mass is 19.1. The van der Waals surface area contributed by atoms with Crippen LogP contribution in [0.15, 0.2) is 18.2 Å². The molecule has 6 nitrogen and oxygen atoms in total. The van der Waals surface area contributed by atoms with Gasteiger partial charge in [-0.3, -0.25) is 14.9 Å². The highest BCUT2D eigenvalue weighted by Gasteiger charge is 2.30. The maximum Gasteiger partial charge on any atom is 0.285 e. The molecular formula is C11H11FN2O4. The van der Waals surface area contributed by atoms with Crippen molar-refractivity contribution in [3.63, 3.8) is 0 Å². The zero-order valence-electron chi connectivity index (χ0n) is 9.38. The summed E-state index contributed by atoms with van der Waals surface area (Å²) in [5, 5.41) is 20.1. The minimum atomic E-state index is -0.789. The van der Waals surface area contributed by atoms with E-state index in [0.717, 1.165) is 18.2 Å². The van der Waals surface area contributed by atoms with Gasteiger partial charge in [-0.1, -0.05) is 0 Å². The molecule has 2 rings (SSSR count). The lowest BCUT2D eigenvalue weighted by Crippen LogP contribution is -2.30. The highest BCUT2D eigenvalue weighted by Crippen LogP contribution is 2.23. The van der Waals surface area contributed by atoms with Crippen molar-refractivity contribution in [2.24, 2.45) is 0 Å². The number of aliphatic hydroxyl groups excluding tert-OH is 1. The van der Waals surface area contributed by atoms with Crippen molar-refractivity contribution in [1.29, 1.82) is 0 Å². The highest BCUT2D eigenvalue weighted by molar-refractivity contribution is 5.98. The number of carbonyl (C=O) groups excluding carboxylic acids is 1. The topological polar surface area (TPSA) is 83.7 Å². The van der Waals surface area contributed by atoms with Crippen LogP contribution in [0.3, 0.4) is 0 Å². The molecule has 0 saturated carbocycles. The van der Waals surface area contributed by atoms with Crippen molar-refractivity contribution in [2.45, 2.75) is 12.5 Å². The molecule has 0 aromatic heterocycles. The van der Waals surface area contributed by atoms with E-state index in [1.54, 1.807) is 0 Å². The molecule has 0 aliphatic carbocycles. The van der Waals surface area contributed by atoms with Crippen molar-refractivity contribution in [3.05, 3.63) is 39.7 Å². The molecule has 7 heteroatoms. The van der Waals surface area contributed by atoms with Crippen LogP contribution < -0.4 is 0 Å². The largest absolute Gasteiger partial charge is 0.391 e. The molecule has 1 amide bonds. The minimum Gasteiger partial charge on any atom is -0.391 e. The second kappa shape index (κ2) is 4.69. The number of amides is 1. The normalized spacial score (nSPS) is 19.0. The first-order valence-corrected chi connectivity index (χ1v) is 5.40. The number of likely N-dealkylation sites (tertiary alicyclic amines) is 1. The van der Waals surface area contributed by atoms with E-state index < -0.39 is 28.4 Å². The molecule has 0 radical (unpaired) electrons. The third kappa shape index (κ3) is 2.30. The molecule has 96 valence electrons. The van der Waals surface area contributed by atoms with E-state index in [1.807, 2.05) is 0 Å². The Kier molecular flexibility index (Phi) is 3.24. The Morgan fingerprint density at radius 1 is 1.56 bits per heavy atom. The summed E-state index contributed by atoms with van der Waals surface area (Å²) in [5.74, 6) is -1.32. The first-order valence-electron chi connectivity index (χ1n) is 5.40. The van der Waals surface area contributed by atoms with Gasteiger partial charge in [0.1, 0.15) is 11.4 Å². The fraction of sp³-hybridized carbons (Fsp3) is 0.364. The van der Waals surface area contributed by atoms with Gasteiger partial charge < -0.3 is 10.0 Å². The van der Waals surface area contributed by atoms with Crippen LogP contribution >= 0.6 is 0 Å². The molecule has 1 aliphatic rings. The fourth-order valence-electron chi connectivity index (χ4n) is 1.93. The summed E-state index contributed by atoms with van der Waals surface area (Å²) < 4.78 is 12.9. The third-order valence-electron chi connectivity index (χ3n) is 2.84. The molecule has 0 bridgehead atoms. The number of rotatable bonds is 2. The zero-order chi connectivity index (χ0) is 13.3. The van der Waals surface area contributed by atoms with E-state index in [4.69, 9.17) is 0 Å². The van der Waals surface area contributed by atoms with Gasteiger partial charge in [0, 0.05) is 13.1 Å². The number of hydrogen-bond acceptors (Lipinski definition) is 4. The Balaban J connectivity index is 2.33. The summed E-state index contributed by atoms with van der Waals surface area (Å²) in [4.78, 5) is 23.3. The fourth-order valence-corrected chi connectivity index (χ4v) is 1.93. The number of β-amino-alcohol motifs (C(OH)–C–C–N with tert-alkyl or cyclic N) is 1.